The molecule has 0 bridgehead atoms. The van der Waals surface area contributed by atoms with Gasteiger partial charge in [0, 0.05) is 0 Å². The zero-order valence-corrected chi connectivity index (χ0v) is 36.5. The molecule has 48 heavy (non-hydrogen) atoms. The predicted octanol–water partition coefficient (Wildman–Crippen LogP) is 2.09. The van der Waals surface area contributed by atoms with E-state index in [-0.39, 0.29) is 72.0 Å². The molecule has 0 aromatic carbocycles. The molecule has 0 aliphatic carbocycles. The summed E-state index contributed by atoms with van der Waals surface area (Å²) >= 11 is 0. The maximum Gasteiger partial charge on any atom is 1.00 e. The van der Waals surface area contributed by atoms with Crippen LogP contribution >= 0.6 is 0 Å². The van der Waals surface area contributed by atoms with Crippen LogP contribution in [0.1, 0.15) is 181 Å². The van der Waals surface area contributed by atoms with Crippen LogP contribution in [-0.4, -0.2) is 61.6 Å². The Morgan fingerprint density at radius 3 is 0.854 bits per heavy atom. The van der Waals surface area contributed by atoms with E-state index in [0.29, 0.717) is 25.7 Å². The van der Waals surface area contributed by atoms with Crippen molar-refractivity contribution >= 4 is 32.2 Å². The molecule has 0 saturated carbocycles. The topological polar surface area (TPSA) is 167 Å². The van der Waals surface area contributed by atoms with E-state index in [9.17, 15) is 35.5 Å². The number of ether oxygens (including phenoxy) is 2. The monoisotopic (exact) mass is 742 g/mol. The summed E-state index contributed by atoms with van der Waals surface area (Å²) in [6, 6.07) is 0. The second kappa shape index (κ2) is 34.8. The van der Waals surface area contributed by atoms with Crippen molar-refractivity contribution in [3.05, 3.63) is 0 Å². The average Bonchev–Trinajstić information content (AvgIpc) is 2.98. The van der Waals surface area contributed by atoms with Crippen molar-refractivity contribution in [2.75, 3.05) is 13.2 Å². The zero-order valence-electron chi connectivity index (χ0n) is 30.9. The summed E-state index contributed by atoms with van der Waals surface area (Å²) in [5.41, 5.74) is 0. The maximum absolute atomic E-state index is 12.3. The number of hydrogen-bond acceptors (Lipinski definition) is 10. The van der Waals surface area contributed by atoms with Gasteiger partial charge in [-0.1, -0.05) is 168 Å². The quantitative estimate of drug-likeness (QED) is 0.0421. The van der Waals surface area contributed by atoms with Gasteiger partial charge in [-0.05, 0) is 12.8 Å². The number of esters is 2. The van der Waals surface area contributed by atoms with Crippen LogP contribution in [0.15, 0.2) is 0 Å². The van der Waals surface area contributed by atoms with Gasteiger partial charge in [0.2, 0.25) is 0 Å². The minimum atomic E-state index is -4.94. The second-order valence-corrected chi connectivity index (χ2v) is 15.8. The third-order valence-electron chi connectivity index (χ3n) is 8.43. The summed E-state index contributed by atoms with van der Waals surface area (Å²) < 4.78 is 79.7. The summed E-state index contributed by atoms with van der Waals surface area (Å²) in [5.74, 6) is -2.45. The standard InChI is InChI=1S/C34H66O10S2.2Na/c1-3-5-7-9-11-13-15-17-19-21-23-25-27-31(45(37,38)39)33(35)43-29-30-44-34(36)32(46(40,41)42)28-26-24-22-20-18-16-14-12-10-8-6-4-2;;/h31-32H,3-30H2,1-2H3,(H,37,38,39)(H,40,41,42);;/q;2*+1/p-2. The molecule has 0 radical (unpaired) electrons. The summed E-state index contributed by atoms with van der Waals surface area (Å²) in [6.45, 7) is 3.28. The molecular weight excluding hydrogens is 678 g/mol. The van der Waals surface area contributed by atoms with Crippen LogP contribution in [0.25, 0.3) is 0 Å². The van der Waals surface area contributed by atoms with Crippen molar-refractivity contribution in [1.29, 1.82) is 0 Å². The van der Waals surface area contributed by atoms with Gasteiger partial charge >= 0.3 is 71.1 Å². The van der Waals surface area contributed by atoms with Crippen molar-refractivity contribution in [2.24, 2.45) is 0 Å². The molecule has 0 aromatic rings. The molecule has 0 aliphatic rings. The molecule has 14 heteroatoms. The van der Waals surface area contributed by atoms with Crippen molar-refractivity contribution in [3.63, 3.8) is 0 Å². The van der Waals surface area contributed by atoms with Crippen LogP contribution in [0.4, 0.5) is 0 Å². The van der Waals surface area contributed by atoms with E-state index in [0.717, 1.165) is 38.5 Å². The summed E-state index contributed by atoms with van der Waals surface area (Å²) in [5, 5.41) is -3.71. The van der Waals surface area contributed by atoms with Crippen LogP contribution in [0.5, 0.6) is 0 Å². The van der Waals surface area contributed by atoms with Crippen molar-refractivity contribution < 1.29 is 104 Å². The molecule has 2 atom stereocenters. The fourth-order valence-corrected chi connectivity index (χ4v) is 7.09. The minimum Gasteiger partial charge on any atom is -0.747 e. The Bertz CT molecular complexity index is 900. The first-order chi connectivity index (χ1) is 21.9. The van der Waals surface area contributed by atoms with Gasteiger partial charge in [0.15, 0.2) is 0 Å². The van der Waals surface area contributed by atoms with Gasteiger partial charge < -0.3 is 18.6 Å². The van der Waals surface area contributed by atoms with Crippen LogP contribution in [0, 0.1) is 0 Å². The maximum atomic E-state index is 12.3. The third-order valence-corrected chi connectivity index (χ3v) is 10.7. The molecule has 2 unspecified atom stereocenters. The van der Waals surface area contributed by atoms with Gasteiger partial charge in [-0.2, -0.15) is 0 Å². The Kier molecular flexibility index (Phi) is 38.5. The van der Waals surface area contributed by atoms with E-state index in [1.165, 1.54) is 89.9 Å². The first-order valence-corrected chi connectivity index (χ1v) is 21.1. The zero-order chi connectivity index (χ0) is 34.5. The van der Waals surface area contributed by atoms with E-state index in [1.807, 2.05) is 0 Å². The molecule has 0 fully saturated rings. The van der Waals surface area contributed by atoms with E-state index in [2.05, 4.69) is 13.8 Å². The Balaban J connectivity index is -0.0000101. The number of rotatable bonds is 33. The fraction of sp³-hybridized carbons (Fsp3) is 0.941. The summed E-state index contributed by atoms with van der Waals surface area (Å²) in [4.78, 5) is 24.6. The molecule has 10 nitrogen and oxygen atoms in total. The molecule has 0 N–H and O–H groups in total. The SMILES string of the molecule is CCCCCCCCCCCCCCC(C(=O)OCCOC(=O)C(CCCCCCCCCCCCCC)S(=O)(=O)[O-])S(=O)(=O)[O-].[Na+].[Na+]. The largest absolute Gasteiger partial charge is 1.00 e. The third kappa shape index (κ3) is 31.5. The molecule has 0 spiro atoms. The van der Waals surface area contributed by atoms with E-state index in [4.69, 9.17) is 9.47 Å². The Labute approximate surface area is 337 Å². The van der Waals surface area contributed by atoms with Crippen molar-refractivity contribution in [2.45, 2.75) is 191 Å². The molecule has 0 saturated heterocycles. The number of unbranched alkanes of at least 4 members (excludes halogenated alkanes) is 22. The van der Waals surface area contributed by atoms with Crippen LogP contribution < -0.4 is 59.1 Å². The predicted molar refractivity (Wildman–Crippen MR) is 180 cm³/mol. The summed E-state index contributed by atoms with van der Waals surface area (Å²) in [6.07, 6.45) is 25.3. The minimum absolute atomic E-state index is 0. The van der Waals surface area contributed by atoms with Gasteiger partial charge in [-0.15, -0.1) is 0 Å². The first-order valence-electron chi connectivity index (χ1n) is 18.2. The number of carbonyl (C=O) groups excluding carboxylic acids is 2. The second-order valence-electron chi connectivity index (χ2n) is 12.7. The van der Waals surface area contributed by atoms with Crippen molar-refractivity contribution in [1.82, 2.24) is 0 Å². The molecule has 274 valence electrons. The average molecular weight is 743 g/mol. The normalized spacial score (nSPS) is 12.8. The van der Waals surface area contributed by atoms with Crippen LogP contribution in [0.3, 0.4) is 0 Å². The molecule has 0 aliphatic heterocycles. The van der Waals surface area contributed by atoms with Gasteiger partial charge in [0.05, 0.1) is 0 Å². The van der Waals surface area contributed by atoms with Gasteiger partial charge in [-0.25, -0.2) is 16.8 Å². The number of carbonyl (C=O) groups is 2. The van der Waals surface area contributed by atoms with Crippen LogP contribution in [-0.2, 0) is 39.3 Å². The van der Waals surface area contributed by atoms with Crippen LogP contribution in [0.2, 0.25) is 0 Å². The molecule has 0 amide bonds. The molecule has 0 heterocycles. The number of hydrogen-bond donors (Lipinski definition) is 0. The van der Waals surface area contributed by atoms with E-state index in [1.54, 1.807) is 0 Å². The fourth-order valence-electron chi connectivity index (χ4n) is 5.57. The first kappa shape index (κ1) is 53.1. The Hall–Kier alpha value is 0.760. The molecule has 0 aromatic heterocycles. The van der Waals surface area contributed by atoms with E-state index >= 15 is 0 Å². The smallest absolute Gasteiger partial charge is 0.747 e. The van der Waals surface area contributed by atoms with Gasteiger partial charge in [0.1, 0.15) is 43.9 Å². The Morgan fingerprint density at radius 1 is 0.438 bits per heavy atom. The molecule has 0 rings (SSSR count). The van der Waals surface area contributed by atoms with Crippen molar-refractivity contribution in [3.8, 4) is 0 Å². The molecular formula is C34H64Na2O10S2. The van der Waals surface area contributed by atoms with Gasteiger partial charge in [-0.3, -0.25) is 9.59 Å². The van der Waals surface area contributed by atoms with E-state index < -0.39 is 55.9 Å². The van der Waals surface area contributed by atoms with Gasteiger partial charge in [0.25, 0.3) is 0 Å². The summed E-state index contributed by atoms with van der Waals surface area (Å²) in [7, 11) is -9.89. The Morgan fingerprint density at radius 2 is 0.646 bits per heavy atom.